The summed E-state index contributed by atoms with van der Waals surface area (Å²) in [5.41, 5.74) is 1.12. The Labute approximate surface area is 158 Å². The third kappa shape index (κ3) is 5.63. The number of aryl methyl sites for hydroxylation is 1. The minimum absolute atomic E-state index is 0.00530. The van der Waals surface area contributed by atoms with Gasteiger partial charge in [-0.2, -0.15) is 0 Å². The SMILES string of the molecule is Cc1ccc(OC2CCC(NC(=O)COc3ccc(Cl)cc3)CC2)nc1. The summed E-state index contributed by atoms with van der Waals surface area (Å²) in [4.78, 5) is 16.3. The summed E-state index contributed by atoms with van der Waals surface area (Å²) in [5, 5.41) is 3.67. The first-order valence-electron chi connectivity index (χ1n) is 8.85. The Morgan fingerprint density at radius 2 is 1.88 bits per heavy atom. The summed E-state index contributed by atoms with van der Waals surface area (Å²) in [5.74, 6) is 1.19. The molecule has 2 aromatic rings. The molecular formula is C20H23ClN2O3. The predicted molar refractivity (Wildman–Crippen MR) is 101 cm³/mol. The molecule has 1 aromatic heterocycles. The standard InChI is InChI=1S/C20H23ClN2O3/c1-14-2-11-20(22-12-14)26-18-9-5-16(6-10-18)23-19(24)13-25-17-7-3-15(21)4-8-17/h2-4,7-8,11-12,16,18H,5-6,9-10,13H2,1H3,(H,23,24). The lowest BCUT2D eigenvalue weighted by molar-refractivity contribution is -0.124. The van der Waals surface area contributed by atoms with Crippen LogP contribution in [0.5, 0.6) is 11.6 Å². The van der Waals surface area contributed by atoms with Crippen molar-refractivity contribution in [3.8, 4) is 11.6 Å². The molecule has 0 aliphatic heterocycles. The van der Waals surface area contributed by atoms with Crippen molar-refractivity contribution >= 4 is 17.5 Å². The van der Waals surface area contributed by atoms with E-state index in [1.165, 1.54) is 0 Å². The second-order valence-electron chi connectivity index (χ2n) is 6.58. The quantitative estimate of drug-likeness (QED) is 0.832. The molecule has 0 spiro atoms. The molecule has 26 heavy (non-hydrogen) atoms. The molecule has 5 nitrogen and oxygen atoms in total. The number of halogens is 1. The molecule has 138 valence electrons. The van der Waals surface area contributed by atoms with Crippen LogP contribution in [0.25, 0.3) is 0 Å². The van der Waals surface area contributed by atoms with Crippen LogP contribution in [0.4, 0.5) is 0 Å². The number of carbonyl (C=O) groups excluding carboxylic acids is 1. The molecule has 0 saturated heterocycles. The number of hydrogen-bond acceptors (Lipinski definition) is 4. The monoisotopic (exact) mass is 374 g/mol. The molecule has 0 atom stereocenters. The fourth-order valence-corrected chi connectivity index (χ4v) is 3.09. The normalized spacial score (nSPS) is 19.6. The highest BCUT2D eigenvalue weighted by atomic mass is 35.5. The maximum atomic E-state index is 12.1. The Kier molecular flexibility index (Phi) is 6.34. The number of nitrogens with zero attached hydrogens (tertiary/aromatic N) is 1. The molecule has 1 fully saturated rings. The highest BCUT2D eigenvalue weighted by Gasteiger charge is 2.24. The molecule has 1 aromatic carbocycles. The van der Waals surface area contributed by atoms with Crippen LogP contribution in [-0.2, 0) is 4.79 Å². The molecule has 1 saturated carbocycles. The fourth-order valence-electron chi connectivity index (χ4n) is 2.97. The van der Waals surface area contributed by atoms with E-state index in [0.717, 1.165) is 31.2 Å². The summed E-state index contributed by atoms with van der Waals surface area (Å²) in [7, 11) is 0. The maximum Gasteiger partial charge on any atom is 0.258 e. The van der Waals surface area contributed by atoms with Gasteiger partial charge in [0.15, 0.2) is 6.61 Å². The maximum absolute atomic E-state index is 12.1. The van der Waals surface area contributed by atoms with Crippen LogP contribution in [0.2, 0.25) is 5.02 Å². The van der Waals surface area contributed by atoms with Crippen LogP contribution in [0.1, 0.15) is 31.2 Å². The minimum atomic E-state index is -0.107. The van der Waals surface area contributed by atoms with Crippen LogP contribution < -0.4 is 14.8 Å². The van der Waals surface area contributed by atoms with Crippen molar-refractivity contribution in [1.29, 1.82) is 0 Å². The Balaban J connectivity index is 1.37. The number of pyridine rings is 1. The summed E-state index contributed by atoms with van der Waals surface area (Å²) in [6, 6.07) is 11.0. The highest BCUT2D eigenvalue weighted by molar-refractivity contribution is 6.30. The first-order valence-corrected chi connectivity index (χ1v) is 9.23. The Morgan fingerprint density at radius 3 is 2.54 bits per heavy atom. The third-order valence-electron chi connectivity index (χ3n) is 4.39. The number of hydrogen-bond donors (Lipinski definition) is 1. The average Bonchev–Trinajstić information content (AvgIpc) is 2.65. The zero-order valence-corrected chi connectivity index (χ0v) is 15.5. The number of amides is 1. The molecular weight excluding hydrogens is 352 g/mol. The van der Waals surface area contributed by atoms with E-state index >= 15 is 0 Å². The van der Waals surface area contributed by atoms with Crippen molar-refractivity contribution in [3.05, 3.63) is 53.2 Å². The fraction of sp³-hybridized carbons (Fsp3) is 0.400. The van der Waals surface area contributed by atoms with E-state index in [0.29, 0.717) is 16.7 Å². The van der Waals surface area contributed by atoms with Gasteiger partial charge in [0.05, 0.1) is 0 Å². The Hall–Kier alpha value is -2.27. The molecule has 1 aliphatic carbocycles. The molecule has 0 radical (unpaired) electrons. The van der Waals surface area contributed by atoms with Gasteiger partial charge in [-0.15, -0.1) is 0 Å². The van der Waals surface area contributed by atoms with E-state index in [2.05, 4.69) is 10.3 Å². The molecule has 1 N–H and O–H groups in total. The van der Waals surface area contributed by atoms with Gasteiger partial charge >= 0.3 is 0 Å². The lowest BCUT2D eigenvalue weighted by Gasteiger charge is -2.29. The Bertz CT molecular complexity index is 711. The van der Waals surface area contributed by atoms with Crippen LogP contribution >= 0.6 is 11.6 Å². The first-order chi connectivity index (χ1) is 12.6. The first kappa shape index (κ1) is 18.5. The van der Waals surface area contributed by atoms with Crippen LogP contribution in [0, 0.1) is 6.92 Å². The number of ether oxygens (including phenoxy) is 2. The Morgan fingerprint density at radius 1 is 1.15 bits per heavy atom. The van der Waals surface area contributed by atoms with E-state index in [4.69, 9.17) is 21.1 Å². The number of benzene rings is 1. The van der Waals surface area contributed by atoms with Gasteiger partial charge in [-0.25, -0.2) is 4.98 Å². The van der Waals surface area contributed by atoms with Crippen molar-refractivity contribution in [2.45, 2.75) is 44.8 Å². The molecule has 1 amide bonds. The van der Waals surface area contributed by atoms with Crippen LogP contribution in [-0.4, -0.2) is 29.6 Å². The zero-order valence-electron chi connectivity index (χ0n) is 14.8. The van der Waals surface area contributed by atoms with E-state index in [9.17, 15) is 4.79 Å². The van der Waals surface area contributed by atoms with Crippen molar-refractivity contribution < 1.29 is 14.3 Å². The topological polar surface area (TPSA) is 60.5 Å². The summed E-state index contributed by atoms with van der Waals surface area (Å²) < 4.78 is 11.4. The average molecular weight is 375 g/mol. The van der Waals surface area contributed by atoms with Gasteiger partial charge in [-0.1, -0.05) is 17.7 Å². The smallest absolute Gasteiger partial charge is 0.258 e. The van der Waals surface area contributed by atoms with E-state index in [1.54, 1.807) is 24.3 Å². The van der Waals surface area contributed by atoms with Gasteiger partial charge < -0.3 is 14.8 Å². The number of carbonyl (C=O) groups is 1. The summed E-state index contributed by atoms with van der Waals surface area (Å²) in [6.07, 6.45) is 5.55. The van der Waals surface area contributed by atoms with Crippen molar-refractivity contribution in [2.24, 2.45) is 0 Å². The molecule has 1 aliphatic rings. The van der Waals surface area contributed by atoms with Crippen molar-refractivity contribution in [3.63, 3.8) is 0 Å². The second-order valence-corrected chi connectivity index (χ2v) is 7.01. The van der Waals surface area contributed by atoms with Crippen LogP contribution in [0.3, 0.4) is 0 Å². The van der Waals surface area contributed by atoms with Crippen molar-refractivity contribution in [1.82, 2.24) is 10.3 Å². The van der Waals surface area contributed by atoms with Gasteiger partial charge in [0.2, 0.25) is 5.88 Å². The lowest BCUT2D eigenvalue weighted by atomic mass is 9.93. The molecule has 0 unspecified atom stereocenters. The van der Waals surface area contributed by atoms with Gasteiger partial charge in [-0.05, 0) is 62.4 Å². The van der Waals surface area contributed by atoms with Crippen molar-refractivity contribution in [2.75, 3.05) is 6.61 Å². The van der Waals surface area contributed by atoms with Gasteiger partial charge in [0.25, 0.3) is 5.91 Å². The lowest BCUT2D eigenvalue weighted by Crippen LogP contribution is -2.41. The summed E-state index contributed by atoms with van der Waals surface area (Å²) in [6.45, 7) is 2.01. The van der Waals surface area contributed by atoms with Gasteiger partial charge in [0, 0.05) is 23.3 Å². The van der Waals surface area contributed by atoms with E-state index in [-0.39, 0.29) is 24.7 Å². The molecule has 0 bridgehead atoms. The number of rotatable bonds is 6. The number of aromatic nitrogens is 1. The van der Waals surface area contributed by atoms with E-state index in [1.807, 2.05) is 25.3 Å². The molecule has 3 rings (SSSR count). The number of nitrogens with one attached hydrogen (secondary N) is 1. The third-order valence-corrected chi connectivity index (χ3v) is 4.65. The predicted octanol–water partition coefficient (Wildman–Crippen LogP) is 3.93. The van der Waals surface area contributed by atoms with Crippen LogP contribution in [0.15, 0.2) is 42.6 Å². The molecule has 1 heterocycles. The second kappa shape index (κ2) is 8.90. The van der Waals surface area contributed by atoms with Gasteiger partial charge in [-0.3, -0.25) is 4.79 Å². The summed E-state index contributed by atoms with van der Waals surface area (Å²) >= 11 is 5.82. The minimum Gasteiger partial charge on any atom is -0.484 e. The van der Waals surface area contributed by atoms with E-state index < -0.39 is 0 Å². The van der Waals surface area contributed by atoms with Gasteiger partial charge in [0.1, 0.15) is 11.9 Å². The molecule has 6 heteroatoms. The zero-order chi connectivity index (χ0) is 18.4. The largest absolute Gasteiger partial charge is 0.484 e. The highest BCUT2D eigenvalue weighted by Crippen LogP contribution is 2.23.